The molecule has 1 aliphatic rings. The summed E-state index contributed by atoms with van der Waals surface area (Å²) in [6.45, 7) is 2.05. The fraction of sp³-hybridized carbons (Fsp3) is 0.500. The fourth-order valence-electron chi connectivity index (χ4n) is 1.98. The van der Waals surface area contributed by atoms with Crippen molar-refractivity contribution < 1.29 is 24.1 Å². The molecule has 1 aromatic carbocycles. The van der Waals surface area contributed by atoms with Gasteiger partial charge in [-0.25, -0.2) is 0 Å². The molecule has 3 atom stereocenters. The number of benzene rings is 1. The van der Waals surface area contributed by atoms with Crippen molar-refractivity contribution in [3.8, 4) is 11.5 Å². The van der Waals surface area contributed by atoms with E-state index in [0.29, 0.717) is 11.5 Å². The molecule has 2 rings (SSSR count). The normalized spacial score (nSPS) is 22.1. The maximum atomic E-state index is 12.1. The van der Waals surface area contributed by atoms with E-state index in [1.54, 1.807) is 19.1 Å². The van der Waals surface area contributed by atoms with Crippen molar-refractivity contribution in [3.05, 3.63) is 24.3 Å². The third-order valence-corrected chi connectivity index (χ3v) is 2.97. The van der Waals surface area contributed by atoms with E-state index >= 15 is 0 Å². The van der Waals surface area contributed by atoms with Gasteiger partial charge in [0.1, 0.15) is 6.10 Å². The molecular weight excluding hydrogens is 262 g/mol. The number of hydrogen-bond acceptors (Lipinski definition) is 5. The molecule has 0 aromatic heterocycles. The Bertz CT molecular complexity index is 465. The average Bonchev–Trinajstić information content (AvgIpc) is 2.44. The summed E-state index contributed by atoms with van der Waals surface area (Å²) in [7, 11) is 1.49. The minimum atomic E-state index is -0.740. The molecule has 0 radical (unpaired) electrons. The van der Waals surface area contributed by atoms with Crippen LogP contribution in [0.15, 0.2) is 24.3 Å². The third-order valence-electron chi connectivity index (χ3n) is 2.97. The van der Waals surface area contributed by atoms with Gasteiger partial charge in [0.25, 0.3) is 5.91 Å². The first kappa shape index (κ1) is 14.6. The number of aliphatic hydroxyl groups excluding tert-OH is 1. The van der Waals surface area contributed by atoms with Crippen LogP contribution in [0.5, 0.6) is 11.5 Å². The van der Waals surface area contributed by atoms with Gasteiger partial charge in [-0.3, -0.25) is 4.79 Å². The molecule has 6 nitrogen and oxygen atoms in total. The lowest BCUT2D eigenvalue weighted by atomic mass is 10.1. The Labute approximate surface area is 117 Å². The van der Waals surface area contributed by atoms with Crippen LogP contribution >= 0.6 is 0 Å². The maximum absolute atomic E-state index is 12.1. The molecule has 0 saturated heterocycles. The molecule has 0 fully saturated rings. The van der Waals surface area contributed by atoms with Gasteiger partial charge < -0.3 is 24.6 Å². The van der Waals surface area contributed by atoms with Gasteiger partial charge in [0.15, 0.2) is 11.5 Å². The lowest BCUT2D eigenvalue weighted by Gasteiger charge is -2.31. The summed E-state index contributed by atoms with van der Waals surface area (Å²) in [4.78, 5) is 12.1. The van der Waals surface area contributed by atoms with E-state index in [9.17, 15) is 9.90 Å². The van der Waals surface area contributed by atoms with Crippen LogP contribution in [0.1, 0.15) is 6.92 Å². The average molecular weight is 281 g/mol. The van der Waals surface area contributed by atoms with E-state index in [0.717, 1.165) is 0 Å². The Hall–Kier alpha value is -1.79. The summed E-state index contributed by atoms with van der Waals surface area (Å²) in [5, 5.41) is 12.1. The first-order valence-electron chi connectivity index (χ1n) is 6.49. The van der Waals surface area contributed by atoms with Crippen molar-refractivity contribution in [2.45, 2.75) is 25.2 Å². The van der Waals surface area contributed by atoms with Crippen LogP contribution in [0.25, 0.3) is 0 Å². The number of amides is 1. The van der Waals surface area contributed by atoms with E-state index in [2.05, 4.69) is 5.32 Å². The number of aliphatic hydroxyl groups is 1. The molecule has 110 valence electrons. The van der Waals surface area contributed by atoms with Gasteiger partial charge in [0.2, 0.25) is 6.10 Å². The molecular formula is C14H19NO5. The predicted octanol–water partition coefficient (Wildman–Crippen LogP) is 0.338. The summed E-state index contributed by atoms with van der Waals surface area (Å²) >= 11 is 0. The van der Waals surface area contributed by atoms with Gasteiger partial charge in [0.05, 0.1) is 12.7 Å². The van der Waals surface area contributed by atoms with Gasteiger partial charge in [-0.1, -0.05) is 12.1 Å². The Morgan fingerprint density at radius 3 is 2.70 bits per heavy atom. The summed E-state index contributed by atoms with van der Waals surface area (Å²) in [6, 6.07) is 7.20. The zero-order valence-electron chi connectivity index (χ0n) is 11.5. The Morgan fingerprint density at radius 1 is 1.40 bits per heavy atom. The van der Waals surface area contributed by atoms with Crippen molar-refractivity contribution in [1.82, 2.24) is 5.32 Å². The lowest BCUT2D eigenvalue weighted by molar-refractivity contribution is -0.134. The van der Waals surface area contributed by atoms with Crippen LogP contribution < -0.4 is 14.8 Å². The standard InChI is InChI=1S/C14H19NO5/c1-9-13(14(17)15-7-10(16)8-18-2)20-12-6-4-3-5-11(12)19-9/h3-6,9-10,13,16H,7-8H2,1-2H3,(H,15,17). The van der Waals surface area contributed by atoms with E-state index in [1.165, 1.54) is 7.11 Å². The number of carbonyl (C=O) groups is 1. The largest absolute Gasteiger partial charge is 0.482 e. The number of fused-ring (bicyclic) bond motifs is 1. The van der Waals surface area contributed by atoms with E-state index in [-0.39, 0.29) is 19.1 Å². The molecule has 1 aromatic rings. The number of rotatable bonds is 5. The second kappa shape index (κ2) is 6.58. The number of methoxy groups -OCH3 is 1. The maximum Gasteiger partial charge on any atom is 0.265 e. The molecule has 1 heterocycles. The molecule has 0 aliphatic carbocycles. The summed E-state index contributed by atoms with van der Waals surface area (Å²) in [5.74, 6) is 0.855. The highest BCUT2D eigenvalue weighted by molar-refractivity contribution is 5.82. The van der Waals surface area contributed by atoms with Crippen LogP contribution in [-0.2, 0) is 9.53 Å². The molecule has 3 unspecified atom stereocenters. The molecule has 6 heteroatoms. The molecule has 2 N–H and O–H groups in total. The smallest absolute Gasteiger partial charge is 0.265 e. The number of carbonyl (C=O) groups excluding carboxylic acids is 1. The highest BCUT2D eigenvalue weighted by Crippen LogP contribution is 2.33. The Balaban J connectivity index is 1.94. The number of ether oxygens (including phenoxy) is 3. The first-order chi connectivity index (χ1) is 9.61. The molecule has 20 heavy (non-hydrogen) atoms. The summed E-state index contributed by atoms with van der Waals surface area (Å²) in [6.07, 6.45) is -1.87. The van der Waals surface area contributed by atoms with Gasteiger partial charge in [-0.2, -0.15) is 0 Å². The third kappa shape index (κ3) is 3.40. The zero-order chi connectivity index (χ0) is 14.5. The van der Waals surface area contributed by atoms with E-state index < -0.39 is 18.3 Å². The van der Waals surface area contributed by atoms with Crippen LogP contribution in [0.4, 0.5) is 0 Å². The van der Waals surface area contributed by atoms with Crippen molar-refractivity contribution in [2.75, 3.05) is 20.3 Å². The quantitative estimate of drug-likeness (QED) is 0.814. The predicted molar refractivity (Wildman–Crippen MR) is 71.8 cm³/mol. The van der Waals surface area contributed by atoms with Crippen molar-refractivity contribution in [2.24, 2.45) is 0 Å². The SMILES string of the molecule is COCC(O)CNC(=O)C1Oc2ccccc2OC1C. The number of nitrogens with one attached hydrogen (secondary N) is 1. The van der Waals surface area contributed by atoms with E-state index in [1.807, 2.05) is 12.1 Å². The van der Waals surface area contributed by atoms with Gasteiger partial charge in [0, 0.05) is 13.7 Å². The molecule has 1 amide bonds. The number of hydrogen-bond donors (Lipinski definition) is 2. The fourth-order valence-corrected chi connectivity index (χ4v) is 1.98. The Morgan fingerprint density at radius 2 is 2.05 bits per heavy atom. The lowest BCUT2D eigenvalue weighted by Crippen LogP contribution is -2.50. The van der Waals surface area contributed by atoms with Crippen LogP contribution in [-0.4, -0.2) is 49.6 Å². The molecule has 0 spiro atoms. The second-order valence-corrected chi connectivity index (χ2v) is 4.66. The monoisotopic (exact) mass is 281 g/mol. The van der Waals surface area contributed by atoms with Crippen LogP contribution in [0.2, 0.25) is 0 Å². The van der Waals surface area contributed by atoms with Gasteiger partial charge >= 0.3 is 0 Å². The van der Waals surface area contributed by atoms with Gasteiger partial charge in [-0.15, -0.1) is 0 Å². The van der Waals surface area contributed by atoms with Crippen molar-refractivity contribution >= 4 is 5.91 Å². The molecule has 0 bridgehead atoms. The van der Waals surface area contributed by atoms with Gasteiger partial charge in [-0.05, 0) is 19.1 Å². The van der Waals surface area contributed by atoms with Crippen molar-refractivity contribution in [1.29, 1.82) is 0 Å². The minimum absolute atomic E-state index is 0.112. The summed E-state index contributed by atoms with van der Waals surface area (Å²) < 4.78 is 16.1. The second-order valence-electron chi connectivity index (χ2n) is 4.66. The van der Waals surface area contributed by atoms with E-state index in [4.69, 9.17) is 14.2 Å². The Kier molecular flexibility index (Phi) is 4.81. The first-order valence-corrected chi connectivity index (χ1v) is 6.49. The van der Waals surface area contributed by atoms with Crippen LogP contribution in [0, 0.1) is 0 Å². The molecule has 0 saturated carbocycles. The number of para-hydroxylation sites is 2. The zero-order valence-corrected chi connectivity index (χ0v) is 11.5. The highest BCUT2D eigenvalue weighted by Gasteiger charge is 2.33. The van der Waals surface area contributed by atoms with Crippen molar-refractivity contribution in [3.63, 3.8) is 0 Å². The molecule has 1 aliphatic heterocycles. The topological polar surface area (TPSA) is 77.0 Å². The summed E-state index contributed by atoms with van der Waals surface area (Å²) in [5.41, 5.74) is 0. The minimum Gasteiger partial charge on any atom is -0.482 e. The van der Waals surface area contributed by atoms with Crippen LogP contribution in [0.3, 0.4) is 0 Å². The highest BCUT2D eigenvalue weighted by atomic mass is 16.6.